The van der Waals surface area contributed by atoms with Crippen LogP contribution in [0.3, 0.4) is 0 Å². The number of carbonyl (C=O) groups excluding carboxylic acids is 1. The van der Waals surface area contributed by atoms with Crippen molar-refractivity contribution in [1.29, 1.82) is 0 Å². The van der Waals surface area contributed by atoms with Crippen molar-refractivity contribution >= 4 is 22.4 Å². The van der Waals surface area contributed by atoms with Crippen molar-refractivity contribution in [1.82, 2.24) is 20.2 Å². The number of H-pyrrole nitrogens is 1. The maximum Gasteiger partial charge on any atom is 0.269 e. The van der Waals surface area contributed by atoms with Gasteiger partial charge in [-0.25, -0.2) is 9.37 Å². The van der Waals surface area contributed by atoms with Gasteiger partial charge in [0.25, 0.3) is 11.5 Å². The van der Waals surface area contributed by atoms with Crippen LogP contribution in [0.1, 0.15) is 47.1 Å². The third-order valence-corrected chi connectivity index (χ3v) is 7.38. The molecule has 8 heteroatoms. The molecule has 1 aromatic carbocycles. The van der Waals surface area contributed by atoms with Crippen molar-refractivity contribution in [2.24, 2.45) is 0 Å². The number of aryl methyl sites for hydroxylation is 1. The highest BCUT2D eigenvalue weighted by Crippen LogP contribution is 2.37. The van der Waals surface area contributed by atoms with E-state index in [9.17, 15) is 14.0 Å². The van der Waals surface area contributed by atoms with Crippen LogP contribution in [0.15, 0.2) is 41.2 Å². The molecular weight excluding hydrogens is 433 g/mol. The molecule has 3 aromatic rings. The van der Waals surface area contributed by atoms with E-state index in [0.717, 1.165) is 62.5 Å². The lowest BCUT2D eigenvalue weighted by atomic mass is 10.00. The van der Waals surface area contributed by atoms with Crippen molar-refractivity contribution < 1.29 is 9.18 Å². The van der Waals surface area contributed by atoms with Gasteiger partial charge in [0, 0.05) is 50.9 Å². The average Bonchev–Trinajstić information content (AvgIpc) is 3.34. The number of hydrogen-bond donors (Lipinski definition) is 2. The molecule has 0 bridgehead atoms. The lowest BCUT2D eigenvalue weighted by Crippen LogP contribution is -2.50. The van der Waals surface area contributed by atoms with Crippen LogP contribution in [0.25, 0.3) is 10.8 Å². The molecule has 34 heavy (non-hydrogen) atoms. The number of anilines is 1. The molecule has 0 spiro atoms. The number of rotatable bonds is 4. The summed E-state index contributed by atoms with van der Waals surface area (Å²) in [4.78, 5) is 36.7. The van der Waals surface area contributed by atoms with E-state index in [1.807, 2.05) is 19.1 Å². The number of hydrogen-bond acceptors (Lipinski definition) is 5. The van der Waals surface area contributed by atoms with Gasteiger partial charge in [-0.2, -0.15) is 0 Å². The predicted molar refractivity (Wildman–Crippen MR) is 131 cm³/mol. The highest BCUT2D eigenvalue weighted by atomic mass is 19.1. The quantitative estimate of drug-likeness (QED) is 0.621. The first-order valence-electron chi connectivity index (χ1n) is 11.9. The number of carbonyl (C=O) groups is 1. The summed E-state index contributed by atoms with van der Waals surface area (Å²) in [5, 5.41) is 3.43. The Bertz CT molecular complexity index is 1280. The first-order chi connectivity index (χ1) is 16.4. The summed E-state index contributed by atoms with van der Waals surface area (Å²) in [6.45, 7) is 5.71. The second-order valence-corrected chi connectivity index (χ2v) is 9.32. The van der Waals surface area contributed by atoms with Gasteiger partial charge >= 0.3 is 0 Å². The van der Waals surface area contributed by atoms with Crippen LogP contribution in [-0.4, -0.2) is 60.0 Å². The molecule has 3 heterocycles. The summed E-state index contributed by atoms with van der Waals surface area (Å²) in [5.74, 6) is -0.360. The number of pyridine rings is 2. The minimum Gasteiger partial charge on any atom is -0.368 e. The largest absolute Gasteiger partial charge is 0.368 e. The molecule has 2 aromatic heterocycles. The zero-order valence-electron chi connectivity index (χ0n) is 19.6. The van der Waals surface area contributed by atoms with Gasteiger partial charge < -0.3 is 15.2 Å². The SMILES string of the molecule is CNC(=O)c1ccc(N2CCN([C@@H]3CCC(c4cc5cccc(F)c5c(=O)[nH]4)C3)CC2)c(C)n1. The highest BCUT2D eigenvalue weighted by Gasteiger charge is 2.33. The Kier molecular flexibility index (Phi) is 6.08. The van der Waals surface area contributed by atoms with Gasteiger partial charge in [-0.05, 0) is 55.8 Å². The van der Waals surface area contributed by atoms with Crippen LogP contribution in [0.2, 0.25) is 0 Å². The van der Waals surface area contributed by atoms with Crippen LogP contribution in [0.4, 0.5) is 10.1 Å². The maximum absolute atomic E-state index is 14.1. The zero-order valence-corrected chi connectivity index (χ0v) is 19.6. The fraction of sp³-hybridized carbons (Fsp3) is 0.423. The van der Waals surface area contributed by atoms with Crippen LogP contribution >= 0.6 is 0 Å². The number of fused-ring (bicyclic) bond motifs is 1. The molecule has 1 unspecified atom stereocenters. The molecule has 2 atom stereocenters. The van der Waals surface area contributed by atoms with E-state index in [2.05, 4.69) is 25.1 Å². The van der Waals surface area contributed by atoms with Crippen LogP contribution in [-0.2, 0) is 0 Å². The summed E-state index contributed by atoms with van der Waals surface area (Å²) in [5.41, 5.74) is 2.97. The molecule has 7 nitrogen and oxygen atoms in total. The number of benzene rings is 1. The maximum atomic E-state index is 14.1. The molecule has 2 fully saturated rings. The standard InChI is InChI=1S/C26H30FN5O2/c1-16-23(9-8-21(29-16)25(33)28-2)32-12-10-31(11-13-32)19-7-6-17(14-19)22-15-18-4-3-5-20(27)24(18)26(34)30-22/h3-5,8-9,15,17,19H,6-7,10-14H2,1-2H3,(H,28,33)(H,30,34)/t17?,19-/m1/s1. The predicted octanol–water partition coefficient (Wildman–Crippen LogP) is 3.19. The van der Waals surface area contributed by atoms with E-state index in [-0.39, 0.29) is 22.8 Å². The first kappa shape index (κ1) is 22.5. The van der Waals surface area contributed by atoms with E-state index >= 15 is 0 Å². The van der Waals surface area contributed by atoms with E-state index in [0.29, 0.717) is 17.1 Å². The van der Waals surface area contributed by atoms with Gasteiger partial charge in [0.2, 0.25) is 0 Å². The molecule has 178 valence electrons. The Balaban J connectivity index is 1.23. The topological polar surface area (TPSA) is 81.3 Å². The smallest absolute Gasteiger partial charge is 0.269 e. The van der Waals surface area contributed by atoms with Crippen molar-refractivity contribution in [2.45, 2.75) is 38.1 Å². The normalized spacial score (nSPS) is 21.2. The number of halogens is 1. The van der Waals surface area contributed by atoms with E-state index in [4.69, 9.17) is 0 Å². The van der Waals surface area contributed by atoms with Gasteiger partial charge in [0.1, 0.15) is 11.5 Å². The fourth-order valence-electron chi connectivity index (χ4n) is 5.56. The summed E-state index contributed by atoms with van der Waals surface area (Å²) in [6, 6.07) is 11.0. The van der Waals surface area contributed by atoms with Gasteiger partial charge in [0.05, 0.1) is 16.8 Å². The Labute approximate surface area is 198 Å². The molecule has 2 N–H and O–H groups in total. The summed E-state index contributed by atoms with van der Waals surface area (Å²) in [7, 11) is 1.61. The molecule has 2 aliphatic rings. The van der Waals surface area contributed by atoms with Crippen molar-refractivity contribution in [2.75, 3.05) is 38.1 Å². The van der Waals surface area contributed by atoms with Crippen LogP contribution in [0, 0.1) is 12.7 Å². The number of amides is 1. The number of aromatic nitrogens is 2. The summed E-state index contributed by atoms with van der Waals surface area (Å²) in [6.07, 6.45) is 3.11. The average molecular weight is 464 g/mol. The van der Waals surface area contributed by atoms with E-state index in [1.165, 1.54) is 6.07 Å². The van der Waals surface area contributed by atoms with Gasteiger partial charge in [0.15, 0.2) is 0 Å². The molecular formula is C26H30FN5O2. The summed E-state index contributed by atoms with van der Waals surface area (Å²) < 4.78 is 14.1. The Morgan fingerprint density at radius 1 is 1.15 bits per heavy atom. The Hall–Kier alpha value is -3.26. The van der Waals surface area contributed by atoms with Crippen molar-refractivity contribution in [3.8, 4) is 0 Å². The lowest BCUT2D eigenvalue weighted by molar-refractivity contribution is 0.0958. The number of aromatic amines is 1. The van der Waals surface area contributed by atoms with Gasteiger partial charge in [-0.1, -0.05) is 12.1 Å². The molecule has 1 saturated heterocycles. The Morgan fingerprint density at radius 2 is 1.94 bits per heavy atom. The van der Waals surface area contributed by atoms with Gasteiger partial charge in [-0.3, -0.25) is 14.5 Å². The summed E-state index contributed by atoms with van der Waals surface area (Å²) >= 11 is 0. The van der Waals surface area contributed by atoms with E-state index in [1.54, 1.807) is 25.2 Å². The Morgan fingerprint density at radius 3 is 2.68 bits per heavy atom. The molecule has 5 rings (SSSR count). The second kappa shape index (κ2) is 9.18. The number of nitrogens with one attached hydrogen (secondary N) is 2. The molecule has 1 saturated carbocycles. The van der Waals surface area contributed by atoms with Crippen molar-refractivity contribution in [3.05, 3.63) is 69.7 Å². The second-order valence-electron chi connectivity index (χ2n) is 9.32. The number of nitrogens with zero attached hydrogens (tertiary/aromatic N) is 3. The fourth-order valence-corrected chi connectivity index (χ4v) is 5.56. The third-order valence-electron chi connectivity index (χ3n) is 7.38. The molecule has 1 aliphatic carbocycles. The molecule has 1 aliphatic heterocycles. The molecule has 1 amide bonds. The third kappa shape index (κ3) is 4.18. The van der Waals surface area contributed by atoms with Crippen molar-refractivity contribution in [3.63, 3.8) is 0 Å². The van der Waals surface area contributed by atoms with Crippen LogP contribution in [0.5, 0.6) is 0 Å². The monoisotopic (exact) mass is 463 g/mol. The first-order valence-corrected chi connectivity index (χ1v) is 11.9. The molecule has 0 radical (unpaired) electrons. The van der Waals surface area contributed by atoms with Gasteiger partial charge in [-0.15, -0.1) is 0 Å². The minimum atomic E-state index is -0.471. The minimum absolute atomic E-state index is 0.144. The van der Waals surface area contributed by atoms with E-state index < -0.39 is 5.82 Å². The highest BCUT2D eigenvalue weighted by molar-refractivity contribution is 5.92. The lowest BCUT2D eigenvalue weighted by Gasteiger charge is -2.39. The number of piperazine rings is 1. The zero-order chi connectivity index (χ0) is 23.8. The van der Waals surface area contributed by atoms with Crippen LogP contribution < -0.4 is 15.8 Å².